The van der Waals surface area contributed by atoms with E-state index in [1.54, 1.807) is 13.2 Å². The molecule has 2 aromatic carbocycles. The van der Waals surface area contributed by atoms with Crippen LogP contribution in [-0.4, -0.2) is 33.5 Å². The molecule has 28 heavy (non-hydrogen) atoms. The summed E-state index contributed by atoms with van der Waals surface area (Å²) in [4.78, 5) is 12.2. The Bertz CT molecular complexity index is 979. The van der Waals surface area contributed by atoms with Crippen LogP contribution in [0.15, 0.2) is 52.1 Å². The molecule has 0 saturated heterocycles. The minimum atomic E-state index is -0.494. The van der Waals surface area contributed by atoms with E-state index in [4.69, 9.17) is 4.74 Å². The predicted octanol–water partition coefficient (Wildman–Crippen LogP) is 4.61. The zero-order valence-corrected chi connectivity index (χ0v) is 17.7. The maximum Gasteiger partial charge on any atom is 0.234 e. The Labute approximate surface area is 174 Å². The van der Waals surface area contributed by atoms with Crippen molar-refractivity contribution in [3.8, 4) is 17.1 Å². The molecule has 146 valence electrons. The van der Waals surface area contributed by atoms with E-state index in [1.165, 1.54) is 23.9 Å². The first-order valence-electron chi connectivity index (χ1n) is 8.47. The van der Waals surface area contributed by atoms with Gasteiger partial charge in [0.1, 0.15) is 11.6 Å². The normalized spacial score (nSPS) is 10.7. The van der Waals surface area contributed by atoms with Crippen molar-refractivity contribution < 1.29 is 13.9 Å². The summed E-state index contributed by atoms with van der Waals surface area (Å²) in [5.41, 5.74) is 1.05. The summed E-state index contributed by atoms with van der Waals surface area (Å²) < 4.78 is 21.6. The fourth-order valence-corrected chi connectivity index (χ4v) is 3.68. The molecule has 0 fully saturated rings. The van der Waals surface area contributed by atoms with E-state index in [-0.39, 0.29) is 17.3 Å². The minimum absolute atomic E-state index is 0.0935. The van der Waals surface area contributed by atoms with Crippen LogP contribution in [0.4, 0.5) is 10.1 Å². The Balaban J connectivity index is 1.68. The van der Waals surface area contributed by atoms with Gasteiger partial charge in [-0.3, -0.25) is 4.79 Å². The number of nitrogens with one attached hydrogen (secondary N) is 1. The van der Waals surface area contributed by atoms with Gasteiger partial charge in [0, 0.05) is 16.6 Å². The van der Waals surface area contributed by atoms with Crippen molar-refractivity contribution >= 4 is 39.3 Å². The van der Waals surface area contributed by atoms with Crippen LogP contribution in [-0.2, 0) is 11.3 Å². The lowest BCUT2D eigenvalue weighted by Crippen LogP contribution is -2.15. The number of amides is 1. The molecule has 0 atom stereocenters. The van der Waals surface area contributed by atoms with Crippen molar-refractivity contribution in [3.05, 3.63) is 52.8 Å². The van der Waals surface area contributed by atoms with Crippen molar-refractivity contribution in [2.24, 2.45) is 0 Å². The van der Waals surface area contributed by atoms with Gasteiger partial charge in [0.05, 0.1) is 18.6 Å². The van der Waals surface area contributed by atoms with E-state index in [1.807, 2.05) is 35.8 Å². The molecule has 0 saturated carbocycles. The van der Waals surface area contributed by atoms with Crippen molar-refractivity contribution in [2.75, 3.05) is 18.2 Å². The second kappa shape index (κ2) is 9.20. The molecule has 0 radical (unpaired) electrons. The van der Waals surface area contributed by atoms with Crippen LogP contribution < -0.4 is 10.1 Å². The largest absolute Gasteiger partial charge is 0.497 e. The average molecular weight is 465 g/mol. The Morgan fingerprint density at radius 3 is 2.64 bits per heavy atom. The van der Waals surface area contributed by atoms with Crippen LogP contribution in [0.2, 0.25) is 0 Å². The van der Waals surface area contributed by atoms with Gasteiger partial charge in [0.2, 0.25) is 5.91 Å². The molecular weight excluding hydrogens is 447 g/mol. The van der Waals surface area contributed by atoms with Crippen molar-refractivity contribution in [3.63, 3.8) is 0 Å². The van der Waals surface area contributed by atoms with Crippen molar-refractivity contribution in [2.45, 2.75) is 18.6 Å². The molecule has 9 heteroatoms. The molecule has 0 aliphatic rings. The smallest absolute Gasteiger partial charge is 0.234 e. The lowest BCUT2D eigenvalue weighted by atomic mass is 10.2. The molecule has 1 amide bonds. The maximum atomic E-state index is 13.9. The maximum absolute atomic E-state index is 13.9. The molecular formula is C19H18BrFN4O2S. The summed E-state index contributed by atoms with van der Waals surface area (Å²) >= 11 is 4.44. The van der Waals surface area contributed by atoms with Gasteiger partial charge < -0.3 is 14.6 Å². The van der Waals surface area contributed by atoms with E-state index >= 15 is 0 Å². The quantitative estimate of drug-likeness (QED) is 0.517. The van der Waals surface area contributed by atoms with Crippen molar-refractivity contribution in [1.29, 1.82) is 0 Å². The predicted molar refractivity (Wildman–Crippen MR) is 111 cm³/mol. The van der Waals surface area contributed by atoms with Crippen LogP contribution in [0.25, 0.3) is 11.4 Å². The van der Waals surface area contributed by atoms with E-state index in [2.05, 4.69) is 31.4 Å². The monoisotopic (exact) mass is 464 g/mol. The van der Waals surface area contributed by atoms with Gasteiger partial charge in [-0.05, 0) is 49.4 Å². The van der Waals surface area contributed by atoms with Crippen LogP contribution in [0.3, 0.4) is 0 Å². The average Bonchev–Trinajstić information content (AvgIpc) is 3.11. The summed E-state index contributed by atoms with van der Waals surface area (Å²) in [5, 5.41) is 11.6. The molecule has 1 aromatic heterocycles. The Morgan fingerprint density at radius 2 is 2.00 bits per heavy atom. The first kappa shape index (κ1) is 20.3. The van der Waals surface area contributed by atoms with E-state index in [9.17, 15) is 9.18 Å². The topological polar surface area (TPSA) is 69.0 Å². The third-order valence-electron chi connectivity index (χ3n) is 3.92. The van der Waals surface area contributed by atoms with Gasteiger partial charge in [0.15, 0.2) is 11.0 Å². The second-order valence-electron chi connectivity index (χ2n) is 5.74. The van der Waals surface area contributed by atoms with E-state index in [0.29, 0.717) is 22.0 Å². The number of carbonyl (C=O) groups is 1. The molecule has 0 aliphatic carbocycles. The number of aromatic nitrogens is 3. The number of rotatable bonds is 7. The molecule has 0 unspecified atom stereocenters. The zero-order valence-electron chi connectivity index (χ0n) is 15.3. The summed E-state index contributed by atoms with van der Waals surface area (Å²) in [6.45, 7) is 2.64. The number of ether oxygens (including phenoxy) is 1. The highest BCUT2D eigenvalue weighted by atomic mass is 79.9. The number of hydrogen-bond acceptors (Lipinski definition) is 5. The van der Waals surface area contributed by atoms with Gasteiger partial charge in [0.25, 0.3) is 0 Å². The molecule has 3 rings (SSSR count). The number of hydrogen-bond donors (Lipinski definition) is 1. The summed E-state index contributed by atoms with van der Waals surface area (Å²) in [6.07, 6.45) is 0. The molecule has 3 aromatic rings. The SMILES string of the molecule is CCn1c(SCC(=O)Nc2ccc(Br)cc2F)nnc1-c1ccc(OC)cc1. The van der Waals surface area contributed by atoms with E-state index in [0.717, 1.165) is 11.3 Å². The zero-order chi connectivity index (χ0) is 20.1. The minimum Gasteiger partial charge on any atom is -0.497 e. The number of carbonyl (C=O) groups excluding carboxylic acids is 1. The standard InChI is InChI=1S/C19H18BrFN4O2S/c1-3-25-18(12-4-7-14(27-2)8-5-12)23-24-19(25)28-11-17(26)22-16-9-6-13(20)10-15(16)21/h4-10H,3,11H2,1-2H3,(H,22,26). The molecule has 1 heterocycles. The highest BCUT2D eigenvalue weighted by molar-refractivity contribution is 9.10. The second-order valence-corrected chi connectivity index (χ2v) is 7.60. The Kier molecular flexibility index (Phi) is 6.69. The van der Waals surface area contributed by atoms with Crippen LogP contribution in [0, 0.1) is 5.82 Å². The van der Waals surface area contributed by atoms with Crippen LogP contribution in [0.1, 0.15) is 6.92 Å². The third kappa shape index (κ3) is 4.71. The lowest BCUT2D eigenvalue weighted by molar-refractivity contribution is -0.113. The number of benzene rings is 2. The van der Waals surface area contributed by atoms with Crippen LogP contribution in [0.5, 0.6) is 5.75 Å². The summed E-state index contributed by atoms with van der Waals surface area (Å²) in [6, 6.07) is 12.0. The lowest BCUT2D eigenvalue weighted by Gasteiger charge is -2.09. The number of anilines is 1. The number of thioether (sulfide) groups is 1. The first-order chi connectivity index (χ1) is 13.5. The highest BCUT2D eigenvalue weighted by Crippen LogP contribution is 2.26. The molecule has 0 bridgehead atoms. The van der Waals surface area contributed by atoms with E-state index < -0.39 is 5.82 Å². The van der Waals surface area contributed by atoms with Gasteiger partial charge in [-0.1, -0.05) is 27.7 Å². The molecule has 0 spiro atoms. The Morgan fingerprint density at radius 1 is 1.25 bits per heavy atom. The molecule has 0 aliphatic heterocycles. The fraction of sp³-hybridized carbons (Fsp3) is 0.211. The molecule has 6 nitrogen and oxygen atoms in total. The van der Waals surface area contributed by atoms with Gasteiger partial charge in [-0.2, -0.15) is 0 Å². The van der Waals surface area contributed by atoms with Gasteiger partial charge >= 0.3 is 0 Å². The van der Waals surface area contributed by atoms with Gasteiger partial charge in [-0.15, -0.1) is 10.2 Å². The van der Waals surface area contributed by atoms with Crippen LogP contribution >= 0.6 is 27.7 Å². The Hall–Kier alpha value is -2.39. The summed E-state index contributed by atoms with van der Waals surface area (Å²) in [7, 11) is 1.61. The molecule has 1 N–H and O–H groups in total. The highest BCUT2D eigenvalue weighted by Gasteiger charge is 2.15. The fourth-order valence-electron chi connectivity index (χ4n) is 2.54. The number of nitrogens with zero attached hydrogens (tertiary/aromatic N) is 3. The first-order valence-corrected chi connectivity index (χ1v) is 10.2. The number of methoxy groups -OCH3 is 1. The van der Waals surface area contributed by atoms with Crippen molar-refractivity contribution in [1.82, 2.24) is 14.8 Å². The number of halogens is 2. The van der Waals surface area contributed by atoms with Gasteiger partial charge in [-0.25, -0.2) is 4.39 Å². The third-order valence-corrected chi connectivity index (χ3v) is 5.38. The summed E-state index contributed by atoms with van der Waals surface area (Å²) in [5.74, 6) is 0.759.